The van der Waals surface area contributed by atoms with Crippen molar-refractivity contribution < 1.29 is 114 Å². The molecule has 2 atom stereocenters. The first-order valence-corrected chi connectivity index (χ1v) is 16.1. The molecule has 0 fully saturated rings. The van der Waals surface area contributed by atoms with Crippen molar-refractivity contribution >= 4 is 71.6 Å². The zero-order chi connectivity index (χ0) is 43.1. The van der Waals surface area contributed by atoms with Crippen LogP contribution in [0.25, 0.3) is 0 Å². The molecule has 0 rings (SSSR count). The first kappa shape index (κ1) is 51.7. The van der Waals surface area contributed by atoms with Gasteiger partial charge < -0.3 is 56.8 Å². The van der Waals surface area contributed by atoms with Crippen molar-refractivity contribution in [3.63, 3.8) is 0 Å². The molecule has 0 amide bonds. The zero-order valence-corrected chi connectivity index (χ0v) is 31.4. The summed E-state index contributed by atoms with van der Waals surface area (Å²) < 4.78 is 54.6. The summed E-state index contributed by atoms with van der Waals surface area (Å²) in [6.45, 7) is 4.75. The lowest BCUT2D eigenvalue weighted by molar-refractivity contribution is -0.185. The maximum Gasteiger partial charge on any atom is 0.309 e. The molecule has 0 heterocycles. The van der Waals surface area contributed by atoms with Crippen molar-refractivity contribution in [1.82, 2.24) is 0 Å². The highest BCUT2D eigenvalue weighted by Gasteiger charge is 2.17. The van der Waals surface area contributed by atoms with Crippen LogP contribution in [0.15, 0.2) is 0 Å². The molecule has 0 bridgehead atoms. The van der Waals surface area contributed by atoms with Crippen LogP contribution in [0.5, 0.6) is 0 Å². The molecule has 0 aliphatic heterocycles. The Morgan fingerprint density at radius 1 is 0.286 bits per heavy atom. The molecule has 0 saturated carbocycles. The molecule has 0 aliphatic carbocycles. The summed E-state index contributed by atoms with van der Waals surface area (Å²) in [5, 5.41) is 0. The summed E-state index contributed by atoms with van der Waals surface area (Å²) in [6.07, 6.45) is -4.81. The van der Waals surface area contributed by atoms with Crippen LogP contribution in [-0.4, -0.2) is 111 Å². The van der Waals surface area contributed by atoms with Crippen LogP contribution in [0.4, 0.5) is 0 Å². The predicted octanol–water partition coefficient (Wildman–Crippen LogP) is 0.214. The summed E-state index contributed by atoms with van der Waals surface area (Å²) in [5.74, 6) is -8.94. The Morgan fingerprint density at radius 2 is 0.482 bits per heavy atom. The van der Waals surface area contributed by atoms with E-state index < -0.39 is 111 Å². The van der Waals surface area contributed by atoms with Crippen molar-refractivity contribution in [3.05, 3.63) is 0 Å². The lowest BCUT2D eigenvalue weighted by Gasteiger charge is -2.12. The third-order valence-corrected chi connectivity index (χ3v) is 5.24. The molecule has 316 valence electrons. The fraction of sp³-hybridized carbons (Fsp3) is 0.625. The molecular weight excluding hydrogens is 768 g/mol. The summed E-state index contributed by atoms with van der Waals surface area (Å²) in [6, 6.07) is 0. The number of carbonyl (C=O) groups is 12. The van der Waals surface area contributed by atoms with Crippen molar-refractivity contribution in [2.75, 3.05) is 27.2 Å². The normalized spacial score (nSPS) is 10.8. The van der Waals surface area contributed by atoms with E-state index in [2.05, 4.69) is 47.4 Å². The minimum atomic E-state index is -1.08. The Labute approximate surface area is 318 Å². The molecular formula is C32H44O24. The van der Waals surface area contributed by atoms with Gasteiger partial charge in [0.1, 0.15) is 0 Å². The maximum absolute atomic E-state index is 11.4. The fourth-order valence-electron chi connectivity index (χ4n) is 2.93. The topological polar surface area (TPSA) is 316 Å². The van der Waals surface area contributed by atoms with Gasteiger partial charge in [0.25, 0.3) is 0 Å². The average Bonchev–Trinajstić information content (AvgIpc) is 3.07. The number of hydrogen-bond donors (Lipinski definition) is 0. The fourth-order valence-corrected chi connectivity index (χ4v) is 2.93. The molecule has 0 aromatic carbocycles. The second-order valence-electron chi connectivity index (χ2n) is 10.2. The number of hydrogen-bond acceptors (Lipinski definition) is 24. The zero-order valence-electron chi connectivity index (χ0n) is 31.4. The maximum atomic E-state index is 11.4. The van der Waals surface area contributed by atoms with E-state index in [0.29, 0.717) is 0 Å². The lowest BCUT2D eigenvalue weighted by Crippen LogP contribution is -2.21. The second kappa shape index (κ2) is 31.0. The van der Waals surface area contributed by atoms with E-state index in [4.69, 9.17) is 9.47 Å². The van der Waals surface area contributed by atoms with Gasteiger partial charge in [-0.3, -0.25) is 57.5 Å². The Morgan fingerprint density at radius 3 is 0.679 bits per heavy atom. The third kappa shape index (κ3) is 36.0. The van der Waals surface area contributed by atoms with E-state index >= 15 is 0 Å². The van der Waals surface area contributed by atoms with Crippen molar-refractivity contribution in [3.8, 4) is 0 Å². The summed E-state index contributed by atoms with van der Waals surface area (Å²) in [4.78, 5) is 133. The first-order chi connectivity index (χ1) is 26.2. The van der Waals surface area contributed by atoms with Crippen LogP contribution >= 0.6 is 0 Å². The Kier molecular flexibility index (Phi) is 28.7. The van der Waals surface area contributed by atoms with Crippen LogP contribution in [0, 0.1) is 0 Å². The second-order valence-corrected chi connectivity index (χ2v) is 10.2. The van der Waals surface area contributed by atoms with Crippen LogP contribution in [0.1, 0.15) is 92.9 Å². The summed E-state index contributed by atoms with van der Waals surface area (Å²) >= 11 is 0. The van der Waals surface area contributed by atoms with Gasteiger partial charge in [-0.25, -0.2) is 0 Å². The number of esters is 12. The lowest BCUT2D eigenvalue weighted by atomic mass is 10.3. The molecule has 2 unspecified atom stereocenters. The minimum absolute atomic E-state index is 0.317. The number of rotatable bonds is 24. The van der Waals surface area contributed by atoms with Crippen molar-refractivity contribution in [2.45, 2.75) is 105 Å². The molecule has 56 heavy (non-hydrogen) atoms. The Bertz CT molecular complexity index is 1270. The van der Waals surface area contributed by atoms with E-state index in [-0.39, 0.29) is 51.4 Å². The largest absolute Gasteiger partial charge is 0.428 e. The molecule has 0 radical (unpaired) electrons. The van der Waals surface area contributed by atoms with E-state index in [1.807, 2.05) is 0 Å². The molecule has 0 spiro atoms. The highest BCUT2D eigenvalue weighted by Crippen LogP contribution is 2.04. The average molecular weight is 813 g/mol. The predicted molar refractivity (Wildman–Crippen MR) is 171 cm³/mol. The minimum Gasteiger partial charge on any atom is -0.428 e. The molecule has 0 N–H and O–H groups in total. The monoisotopic (exact) mass is 812 g/mol. The van der Waals surface area contributed by atoms with Gasteiger partial charge >= 0.3 is 71.6 Å². The standard InChI is InChI=1S/C17H24O12.C15H20O12/c1-10(18)26-12(3)28-16(22)7-5-14(20)24-9-25-15(21)6-8-17(23)29-13(4)27-11(2)19;1-10(16)22-7-24-12(18)3-5-14(20)26-9-27-15(21)6-4-13(19)25-8-23-11(2)17/h12-13H,5-9H2,1-4H3;3-9H2,1-2H3. The summed E-state index contributed by atoms with van der Waals surface area (Å²) in [7, 11) is 0. The Hall–Kier alpha value is -6.36. The molecule has 24 nitrogen and oxygen atoms in total. The highest BCUT2D eigenvalue weighted by molar-refractivity contribution is 5.80. The number of ether oxygens (including phenoxy) is 12. The molecule has 0 aliphatic rings. The van der Waals surface area contributed by atoms with Crippen LogP contribution in [0.3, 0.4) is 0 Å². The van der Waals surface area contributed by atoms with Crippen molar-refractivity contribution in [2.24, 2.45) is 0 Å². The van der Waals surface area contributed by atoms with E-state index in [1.54, 1.807) is 0 Å². The van der Waals surface area contributed by atoms with Gasteiger partial charge in [-0.1, -0.05) is 0 Å². The van der Waals surface area contributed by atoms with E-state index in [9.17, 15) is 57.5 Å². The molecule has 0 aromatic rings. The van der Waals surface area contributed by atoms with Gasteiger partial charge in [0.15, 0.2) is 0 Å². The van der Waals surface area contributed by atoms with Gasteiger partial charge in [-0.05, 0) is 0 Å². The van der Waals surface area contributed by atoms with Crippen LogP contribution < -0.4 is 0 Å². The van der Waals surface area contributed by atoms with Crippen LogP contribution in [-0.2, 0) is 114 Å². The quantitative estimate of drug-likeness (QED) is 0.0714. The van der Waals surface area contributed by atoms with Gasteiger partial charge in [0.2, 0.25) is 39.8 Å². The molecule has 0 saturated heterocycles. The summed E-state index contributed by atoms with van der Waals surface area (Å²) in [5.41, 5.74) is 0. The third-order valence-electron chi connectivity index (χ3n) is 5.24. The number of carbonyl (C=O) groups excluding carboxylic acids is 12. The van der Waals surface area contributed by atoms with Crippen LogP contribution in [0.2, 0.25) is 0 Å². The highest BCUT2D eigenvalue weighted by atomic mass is 16.7. The van der Waals surface area contributed by atoms with Gasteiger partial charge in [-0.15, -0.1) is 0 Å². The Balaban J connectivity index is 0. The first-order valence-electron chi connectivity index (χ1n) is 16.1. The van der Waals surface area contributed by atoms with Gasteiger partial charge in [-0.2, -0.15) is 0 Å². The smallest absolute Gasteiger partial charge is 0.309 e. The SMILES string of the molecule is CC(=O)OC(C)OC(=O)CCC(=O)OCOC(=O)CCC(=O)OC(C)OC(C)=O.CC(=O)OCOC(=O)CCC(=O)OCOC(=O)CCC(=O)OCOC(C)=O. The molecule has 0 aromatic heterocycles. The van der Waals surface area contributed by atoms with E-state index in [0.717, 1.165) is 27.7 Å². The van der Waals surface area contributed by atoms with E-state index in [1.165, 1.54) is 13.8 Å². The molecule has 24 heteroatoms. The van der Waals surface area contributed by atoms with Gasteiger partial charge in [0.05, 0.1) is 51.4 Å². The van der Waals surface area contributed by atoms with Crippen molar-refractivity contribution in [1.29, 1.82) is 0 Å². The van der Waals surface area contributed by atoms with Gasteiger partial charge in [0, 0.05) is 41.5 Å².